The molecule has 0 spiro atoms. The van der Waals surface area contributed by atoms with Crippen LogP contribution in [-0.4, -0.2) is 15.0 Å². The standard InChI is InChI=1S/C70H66N3O3P3/c1-69(2,3)55-31-24-44-64(49-55)78(75,59-37-17-9-18-38-59)62-42-22-27-52(47-62)67-71-66(51-26-21-41-61(46-51)77(74,57-33-13-7-14-34-57)58-35-15-8-16-36-58)72-68(73-67)53-28-23-43-63(48-53)79(76,60-39-19-10-20-40-60)65-45-25-32-56(50-65)70(4,5)54-29-11-6-12-30-54/h7-10,13-28,31-50,54H,6,11-12,29-30H2,1-5H3. The van der Waals surface area contributed by atoms with Gasteiger partial charge < -0.3 is 13.7 Å². The summed E-state index contributed by atoms with van der Waals surface area (Å²) >= 11 is 0. The van der Waals surface area contributed by atoms with E-state index in [0.29, 0.717) is 66.6 Å². The molecule has 9 aromatic carbocycles. The van der Waals surface area contributed by atoms with Crippen molar-refractivity contribution in [2.75, 3.05) is 0 Å². The largest absolute Gasteiger partial charge is 0.309 e. The monoisotopic (exact) mass is 1090 g/mol. The van der Waals surface area contributed by atoms with Crippen molar-refractivity contribution < 1.29 is 13.7 Å². The normalized spacial score (nSPS) is 14.9. The second-order valence-electron chi connectivity index (χ2n) is 22.5. The molecule has 2 atom stereocenters. The molecule has 1 aliphatic rings. The van der Waals surface area contributed by atoms with Gasteiger partial charge in [-0.15, -0.1) is 0 Å². The number of benzene rings is 9. The van der Waals surface area contributed by atoms with Crippen molar-refractivity contribution in [3.05, 3.63) is 254 Å². The van der Waals surface area contributed by atoms with E-state index < -0.39 is 21.4 Å². The molecule has 1 heterocycles. The Bertz CT molecular complexity index is 3900. The van der Waals surface area contributed by atoms with Gasteiger partial charge in [0.05, 0.1) is 0 Å². The molecule has 0 saturated heterocycles. The van der Waals surface area contributed by atoms with E-state index in [1.165, 1.54) is 37.7 Å². The van der Waals surface area contributed by atoms with Gasteiger partial charge in [-0.05, 0) is 71.0 Å². The lowest BCUT2D eigenvalue weighted by Crippen LogP contribution is -2.32. The van der Waals surface area contributed by atoms with Gasteiger partial charge in [0.2, 0.25) is 0 Å². The van der Waals surface area contributed by atoms with Crippen LogP contribution in [0.3, 0.4) is 0 Å². The van der Waals surface area contributed by atoms with Crippen molar-refractivity contribution in [3.63, 3.8) is 0 Å². The summed E-state index contributed by atoms with van der Waals surface area (Å²) in [6, 6.07) is 78.8. The minimum Gasteiger partial charge on any atom is -0.309 e. The molecule has 0 radical (unpaired) electrons. The van der Waals surface area contributed by atoms with E-state index in [9.17, 15) is 0 Å². The topological polar surface area (TPSA) is 89.9 Å². The highest BCUT2D eigenvalue weighted by Gasteiger charge is 2.37. The van der Waals surface area contributed by atoms with Crippen molar-refractivity contribution in [2.45, 2.75) is 77.6 Å². The number of hydrogen-bond acceptors (Lipinski definition) is 6. The molecule has 0 bridgehead atoms. The van der Waals surface area contributed by atoms with Crippen LogP contribution in [0.2, 0.25) is 0 Å². The van der Waals surface area contributed by atoms with Gasteiger partial charge in [-0.2, -0.15) is 0 Å². The molecule has 9 heteroatoms. The Balaban J connectivity index is 1.10. The van der Waals surface area contributed by atoms with Crippen LogP contribution in [0.25, 0.3) is 34.2 Å². The molecule has 394 valence electrons. The summed E-state index contributed by atoms with van der Waals surface area (Å²) in [6.45, 7) is 11.2. The zero-order valence-corrected chi connectivity index (χ0v) is 48.3. The quantitative estimate of drug-likeness (QED) is 0.101. The molecular formula is C70H66N3O3P3. The van der Waals surface area contributed by atoms with Crippen LogP contribution in [0, 0.1) is 5.92 Å². The van der Waals surface area contributed by atoms with Gasteiger partial charge in [-0.1, -0.05) is 266 Å². The zero-order chi connectivity index (χ0) is 54.8. The third-order valence-electron chi connectivity index (χ3n) is 16.2. The average Bonchev–Trinajstić information content (AvgIpc) is 3.67. The maximum atomic E-state index is 16.5. The molecule has 10 aromatic rings. The SMILES string of the molecule is CC(C)(C)c1cccc(P(=O)(c2ccccc2)c2cccc(-c3nc(-c4cccc(P(=O)(c5ccccc5)c5ccccc5)c4)nc(-c4cccc(P(=O)(c5ccccc5)c5cccc(C(C)(C)C6CCCCC6)c5)c4)n3)c2)c1. The van der Waals surface area contributed by atoms with E-state index in [0.717, 1.165) is 26.8 Å². The summed E-state index contributed by atoms with van der Waals surface area (Å²) in [5.74, 6) is 1.62. The first kappa shape index (κ1) is 53.7. The lowest BCUT2D eigenvalue weighted by Gasteiger charge is -2.38. The summed E-state index contributed by atoms with van der Waals surface area (Å²) in [4.78, 5) is 15.8. The highest BCUT2D eigenvalue weighted by Crippen LogP contribution is 2.48. The van der Waals surface area contributed by atoms with Crippen LogP contribution in [-0.2, 0) is 24.5 Å². The summed E-state index contributed by atoms with van der Waals surface area (Å²) in [6.07, 6.45) is 6.14. The van der Waals surface area contributed by atoms with E-state index >= 15 is 13.7 Å². The fraction of sp³-hybridized carbons (Fsp3) is 0.186. The molecule has 0 N–H and O–H groups in total. The number of hydrogen-bond donors (Lipinski definition) is 0. The Labute approximate surface area is 466 Å². The van der Waals surface area contributed by atoms with Gasteiger partial charge in [0.15, 0.2) is 38.9 Å². The predicted octanol–water partition coefficient (Wildman–Crippen LogP) is 13.9. The smallest absolute Gasteiger partial charge is 0.171 e. The Hall–Kier alpha value is -7.32. The molecule has 1 saturated carbocycles. The second kappa shape index (κ2) is 22.1. The molecule has 11 rings (SSSR count). The summed E-state index contributed by atoms with van der Waals surface area (Å²) in [7, 11) is -10.4. The molecule has 0 aliphatic heterocycles. The van der Waals surface area contributed by atoms with Gasteiger partial charge in [0.1, 0.15) is 0 Å². The lowest BCUT2D eigenvalue weighted by molar-refractivity contribution is 0.236. The maximum absolute atomic E-state index is 16.5. The highest BCUT2D eigenvalue weighted by molar-refractivity contribution is 7.86. The minimum atomic E-state index is -3.52. The van der Waals surface area contributed by atoms with Gasteiger partial charge >= 0.3 is 0 Å². The lowest BCUT2D eigenvalue weighted by atomic mass is 9.67. The third kappa shape index (κ3) is 10.4. The van der Waals surface area contributed by atoms with Gasteiger partial charge in [0.25, 0.3) is 0 Å². The summed E-state index contributed by atoms with van der Waals surface area (Å²) in [5, 5.41) is 6.33. The second-order valence-corrected chi connectivity index (χ2v) is 30.8. The summed E-state index contributed by atoms with van der Waals surface area (Å²) < 4.78 is 48.6. The minimum absolute atomic E-state index is 0.104. The van der Waals surface area contributed by atoms with E-state index in [-0.39, 0.29) is 10.8 Å². The molecule has 2 unspecified atom stereocenters. The van der Waals surface area contributed by atoms with Gasteiger partial charge in [-0.25, -0.2) is 15.0 Å². The first-order valence-corrected chi connectivity index (χ1v) is 32.6. The maximum Gasteiger partial charge on any atom is 0.171 e. The number of aromatic nitrogens is 3. The van der Waals surface area contributed by atoms with Crippen LogP contribution < -0.4 is 47.7 Å². The molecule has 0 amide bonds. The van der Waals surface area contributed by atoms with Crippen LogP contribution in [0.4, 0.5) is 0 Å². The van der Waals surface area contributed by atoms with E-state index in [1.54, 1.807) is 0 Å². The third-order valence-corrected chi connectivity index (χ3v) is 25.3. The van der Waals surface area contributed by atoms with Crippen LogP contribution in [0.1, 0.15) is 77.8 Å². The molecule has 79 heavy (non-hydrogen) atoms. The number of rotatable bonds is 14. The zero-order valence-electron chi connectivity index (χ0n) is 45.6. The fourth-order valence-electron chi connectivity index (χ4n) is 11.5. The molecule has 1 aromatic heterocycles. The van der Waals surface area contributed by atoms with Crippen molar-refractivity contribution in [3.8, 4) is 34.2 Å². The van der Waals surface area contributed by atoms with Crippen LogP contribution in [0.15, 0.2) is 243 Å². The fourth-order valence-corrected chi connectivity index (χ4v) is 19.6. The molecule has 6 nitrogen and oxygen atoms in total. The first-order valence-electron chi connectivity index (χ1n) is 27.5. The first-order chi connectivity index (χ1) is 38.2. The van der Waals surface area contributed by atoms with Gasteiger partial charge in [-0.3, -0.25) is 0 Å². The Morgan fingerprint density at radius 2 is 0.595 bits per heavy atom. The van der Waals surface area contributed by atoms with Crippen molar-refractivity contribution in [1.82, 2.24) is 15.0 Å². The Morgan fingerprint density at radius 1 is 0.316 bits per heavy atom. The predicted molar refractivity (Wildman–Crippen MR) is 333 cm³/mol. The van der Waals surface area contributed by atoms with Crippen LogP contribution >= 0.6 is 21.4 Å². The summed E-state index contributed by atoms with van der Waals surface area (Å²) in [5.41, 5.74) is 3.94. The van der Waals surface area contributed by atoms with Crippen molar-refractivity contribution >= 4 is 69.2 Å². The molecule has 1 fully saturated rings. The Morgan fingerprint density at radius 3 is 0.937 bits per heavy atom. The van der Waals surface area contributed by atoms with E-state index in [1.807, 2.05) is 212 Å². The van der Waals surface area contributed by atoms with Crippen LogP contribution in [0.5, 0.6) is 0 Å². The van der Waals surface area contributed by atoms with E-state index in [4.69, 9.17) is 15.0 Å². The molecule has 1 aliphatic carbocycles. The van der Waals surface area contributed by atoms with Crippen molar-refractivity contribution in [1.29, 1.82) is 0 Å². The average molecular weight is 1090 g/mol. The molecular weight excluding hydrogens is 1020 g/mol. The van der Waals surface area contributed by atoms with Crippen molar-refractivity contribution in [2.24, 2.45) is 5.92 Å². The van der Waals surface area contributed by atoms with Gasteiger partial charge in [0, 0.05) is 64.4 Å². The Kier molecular flexibility index (Phi) is 15.0. The van der Waals surface area contributed by atoms with E-state index in [2.05, 4.69) is 65.0 Å². The highest BCUT2D eigenvalue weighted by atomic mass is 31.2. The number of nitrogens with zero attached hydrogens (tertiary/aromatic N) is 3.